The molecule has 0 aromatic carbocycles. The molecule has 1 saturated heterocycles. The Bertz CT molecular complexity index is 699. The molecule has 1 aliphatic carbocycles. The molecule has 0 atom stereocenters. The quantitative estimate of drug-likeness (QED) is 0.679. The molecule has 7 heteroatoms. The fraction of sp³-hybridized carbons (Fsp3) is 0.708. The average molecular weight is 430 g/mol. The highest BCUT2D eigenvalue weighted by atomic mass is 16.2. The van der Waals surface area contributed by atoms with Gasteiger partial charge in [0.05, 0.1) is 13.1 Å². The zero-order chi connectivity index (χ0) is 22.1. The van der Waals surface area contributed by atoms with Gasteiger partial charge in [0.2, 0.25) is 5.91 Å². The van der Waals surface area contributed by atoms with Gasteiger partial charge in [0.1, 0.15) is 0 Å². The monoisotopic (exact) mass is 429 g/mol. The van der Waals surface area contributed by atoms with Gasteiger partial charge < -0.3 is 20.9 Å². The van der Waals surface area contributed by atoms with Gasteiger partial charge in [-0.05, 0) is 38.2 Å². The molecule has 0 radical (unpaired) electrons. The molecule has 0 bridgehead atoms. The Morgan fingerprint density at radius 3 is 2.42 bits per heavy atom. The van der Waals surface area contributed by atoms with Crippen LogP contribution in [-0.4, -0.2) is 65.7 Å². The van der Waals surface area contributed by atoms with E-state index in [9.17, 15) is 9.59 Å². The highest BCUT2D eigenvalue weighted by Crippen LogP contribution is 2.28. The van der Waals surface area contributed by atoms with Crippen molar-refractivity contribution in [3.63, 3.8) is 0 Å². The largest absolute Gasteiger partial charge is 0.368 e. The number of nitrogens with one attached hydrogen (secondary N) is 1. The van der Waals surface area contributed by atoms with E-state index in [-0.39, 0.29) is 24.3 Å². The number of rotatable bonds is 6. The van der Waals surface area contributed by atoms with Crippen LogP contribution in [0.15, 0.2) is 28.9 Å². The summed E-state index contributed by atoms with van der Waals surface area (Å²) in [5.41, 5.74) is 6.17. The fourth-order valence-electron chi connectivity index (χ4n) is 5.01. The molecule has 3 rings (SSSR count). The van der Waals surface area contributed by atoms with Gasteiger partial charge >= 0.3 is 0 Å². The van der Waals surface area contributed by atoms with E-state index in [0.29, 0.717) is 12.6 Å². The predicted octanol–water partition coefficient (Wildman–Crippen LogP) is 2.73. The smallest absolute Gasteiger partial charge is 0.293 e. The third-order valence-electron chi connectivity index (χ3n) is 6.68. The number of primary amides is 1. The van der Waals surface area contributed by atoms with Crippen LogP contribution in [0.4, 0.5) is 0 Å². The van der Waals surface area contributed by atoms with Gasteiger partial charge in [0.25, 0.3) is 5.91 Å². The van der Waals surface area contributed by atoms with Crippen molar-refractivity contribution in [1.29, 1.82) is 0 Å². The Morgan fingerprint density at radius 2 is 1.77 bits per heavy atom. The molecule has 172 valence electrons. The maximum absolute atomic E-state index is 13.2. The Morgan fingerprint density at radius 1 is 1.10 bits per heavy atom. The molecule has 0 unspecified atom stereocenters. The summed E-state index contributed by atoms with van der Waals surface area (Å²) in [4.78, 5) is 33.4. The van der Waals surface area contributed by atoms with Crippen molar-refractivity contribution in [1.82, 2.24) is 15.1 Å². The number of allylic oxidation sites excluding steroid dienone is 3. The molecular formula is C24H39N5O2. The molecule has 3 aliphatic rings. The van der Waals surface area contributed by atoms with Crippen LogP contribution < -0.4 is 11.1 Å². The van der Waals surface area contributed by atoms with Crippen LogP contribution in [0.5, 0.6) is 0 Å². The minimum absolute atomic E-state index is 0.0761. The van der Waals surface area contributed by atoms with Crippen LogP contribution in [0.2, 0.25) is 0 Å². The van der Waals surface area contributed by atoms with Gasteiger partial charge in [-0.2, -0.15) is 0 Å². The van der Waals surface area contributed by atoms with Crippen LogP contribution in [0.3, 0.4) is 0 Å². The second kappa shape index (κ2) is 12.0. The van der Waals surface area contributed by atoms with Crippen LogP contribution in [-0.2, 0) is 9.59 Å². The number of aliphatic imine (C=N–C) groups is 1. The van der Waals surface area contributed by atoms with E-state index in [1.807, 2.05) is 17.1 Å². The zero-order valence-corrected chi connectivity index (χ0v) is 19.0. The third-order valence-corrected chi connectivity index (χ3v) is 6.68. The molecular weight excluding hydrogens is 390 g/mol. The van der Waals surface area contributed by atoms with Gasteiger partial charge in [0, 0.05) is 30.9 Å². The lowest BCUT2D eigenvalue weighted by molar-refractivity contribution is -0.125. The van der Waals surface area contributed by atoms with E-state index in [0.717, 1.165) is 38.0 Å². The minimum atomic E-state index is -0.498. The van der Waals surface area contributed by atoms with E-state index >= 15 is 0 Å². The normalized spacial score (nSPS) is 24.3. The summed E-state index contributed by atoms with van der Waals surface area (Å²) in [7, 11) is 0. The maximum atomic E-state index is 13.2. The van der Waals surface area contributed by atoms with Crippen molar-refractivity contribution in [3.8, 4) is 0 Å². The molecule has 31 heavy (non-hydrogen) atoms. The Kier molecular flexibility index (Phi) is 9.13. The molecule has 0 aromatic heterocycles. The number of hydrogen-bond donors (Lipinski definition) is 2. The van der Waals surface area contributed by atoms with Gasteiger partial charge in [-0.1, -0.05) is 51.2 Å². The lowest BCUT2D eigenvalue weighted by atomic mass is 9.93. The molecule has 0 aromatic rings. The Balaban J connectivity index is 1.67. The maximum Gasteiger partial charge on any atom is 0.293 e. The molecule has 3 N–H and O–H groups in total. The number of hydrogen-bond acceptors (Lipinski definition) is 5. The number of amides is 2. The molecule has 0 spiro atoms. The summed E-state index contributed by atoms with van der Waals surface area (Å²) in [6.07, 6.45) is 18.4. The number of likely N-dealkylation sites (tertiary alicyclic amines) is 1. The SMILES string of the molecule is CC/C=C\C=C1/CN=C(NCC(N)=O)C(=O)N1C1CCN(C2CCCCCCC2)CC1. The molecule has 7 nitrogen and oxygen atoms in total. The number of nitrogens with zero attached hydrogens (tertiary/aromatic N) is 3. The van der Waals surface area contributed by atoms with Gasteiger partial charge in [0.15, 0.2) is 5.84 Å². The fourth-order valence-corrected chi connectivity index (χ4v) is 5.01. The first-order chi connectivity index (χ1) is 15.1. The highest BCUT2D eigenvalue weighted by Gasteiger charge is 2.36. The molecule has 2 aliphatic heterocycles. The summed E-state index contributed by atoms with van der Waals surface area (Å²) in [6, 6.07) is 0.870. The van der Waals surface area contributed by atoms with Crippen LogP contribution >= 0.6 is 0 Å². The Labute approximate surface area is 186 Å². The second-order valence-corrected chi connectivity index (χ2v) is 8.92. The number of carbonyl (C=O) groups is 2. The van der Waals surface area contributed by atoms with Gasteiger partial charge in [-0.25, -0.2) is 0 Å². The van der Waals surface area contributed by atoms with Gasteiger partial charge in [-0.3, -0.25) is 14.6 Å². The van der Waals surface area contributed by atoms with E-state index in [1.165, 1.54) is 44.9 Å². The molecule has 2 amide bonds. The van der Waals surface area contributed by atoms with Crippen molar-refractivity contribution in [2.45, 2.75) is 83.2 Å². The van der Waals surface area contributed by atoms with Crippen LogP contribution in [0.25, 0.3) is 0 Å². The van der Waals surface area contributed by atoms with E-state index in [4.69, 9.17) is 5.73 Å². The van der Waals surface area contributed by atoms with E-state index in [2.05, 4.69) is 28.2 Å². The summed E-state index contributed by atoms with van der Waals surface area (Å²) < 4.78 is 0. The minimum Gasteiger partial charge on any atom is -0.368 e. The first-order valence-corrected chi connectivity index (χ1v) is 12.1. The summed E-state index contributed by atoms with van der Waals surface area (Å²) in [6.45, 7) is 4.53. The van der Waals surface area contributed by atoms with Crippen molar-refractivity contribution in [2.24, 2.45) is 10.7 Å². The van der Waals surface area contributed by atoms with Crippen LogP contribution in [0.1, 0.15) is 71.1 Å². The number of piperidine rings is 1. The molecule has 2 heterocycles. The average Bonchev–Trinajstić information content (AvgIpc) is 2.73. The number of amidine groups is 1. The van der Waals surface area contributed by atoms with Crippen molar-refractivity contribution >= 4 is 17.6 Å². The second-order valence-electron chi connectivity index (χ2n) is 8.92. The summed E-state index contributed by atoms with van der Waals surface area (Å²) in [5, 5.41) is 2.83. The lowest BCUT2D eigenvalue weighted by Gasteiger charge is -2.43. The number of carbonyl (C=O) groups excluding carboxylic acids is 2. The summed E-state index contributed by atoms with van der Waals surface area (Å²) in [5.74, 6) is -0.396. The topological polar surface area (TPSA) is 91.0 Å². The Hall–Kier alpha value is -2.15. The molecule has 1 saturated carbocycles. The van der Waals surface area contributed by atoms with Crippen molar-refractivity contribution < 1.29 is 9.59 Å². The standard InChI is InChI=1S/C24H39N5O2/c1-2-3-7-12-21-17-26-23(27-18-22(25)30)24(31)29(21)20-13-15-28(16-14-20)19-10-8-5-4-6-9-11-19/h3,7,12,19-20H,2,4-6,8-11,13-18H2,1H3,(H2,25,30)(H,26,27)/b7-3-,21-12+. The molecule has 2 fully saturated rings. The van der Waals surface area contributed by atoms with Crippen molar-refractivity contribution in [2.75, 3.05) is 26.2 Å². The highest BCUT2D eigenvalue weighted by molar-refractivity contribution is 6.39. The van der Waals surface area contributed by atoms with Crippen LogP contribution in [0, 0.1) is 0 Å². The van der Waals surface area contributed by atoms with E-state index in [1.54, 1.807) is 0 Å². The number of nitrogens with two attached hydrogens (primary N) is 1. The first kappa shape index (κ1) is 23.5. The lowest BCUT2D eigenvalue weighted by Crippen LogP contribution is -2.55. The van der Waals surface area contributed by atoms with E-state index < -0.39 is 5.91 Å². The summed E-state index contributed by atoms with van der Waals surface area (Å²) >= 11 is 0. The third kappa shape index (κ3) is 6.66. The predicted molar refractivity (Wildman–Crippen MR) is 125 cm³/mol. The first-order valence-electron chi connectivity index (χ1n) is 12.1. The van der Waals surface area contributed by atoms with Gasteiger partial charge in [-0.15, -0.1) is 0 Å². The van der Waals surface area contributed by atoms with Crippen molar-refractivity contribution in [3.05, 3.63) is 23.9 Å². The zero-order valence-electron chi connectivity index (χ0n) is 19.0.